The number of rotatable bonds is 12. The maximum Gasteiger partial charge on any atom is 0.417 e. The fourth-order valence-electron chi connectivity index (χ4n) is 2.86. The third-order valence-electron chi connectivity index (χ3n) is 4.44. The van der Waals surface area contributed by atoms with E-state index in [0.29, 0.717) is 0 Å². The van der Waals surface area contributed by atoms with E-state index in [1.807, 2.05) is 0 Å². The molecule has 1 rings (SSSR count). The van der Waals surface area contributed by atoms with Gasteiger partial charge in [0.05, 0.1) is 17.7 Å². The van der Waals surface area contributed by atoms with Gasteiger partial charge in [-0.1, -0.05) is 64.0 Å². The fourth-order valence-corrected chi connectivity index (χ4v) is 2.86. The Morgan fingerprint density at radius 3 is 2.14 bits per heavy atom. The molecule has 0 bridgehead atoms. The molecule has 0 aliphatic carbocycles. The third kappa shape index (κ3) is 8.76. The second kappa shape index (κ2) is 12.4. The molecule has 0 aliphatic rings. The average molecular weight is 401 g/mol. The van der Waals surface area contributed by atoms with Gasteiger partial charge in [-0.05, 0) is 18.6 Å². The van der Waals surface area contributed by atoms with Gasteiger partial charge in [0, 0.05) is 7.05 Å². The van der Waals surface area contributed by atoms with Crippen LogP contribution in [0, 0.1) is 0 Å². The number of hydrogen-bond donors (Lipinski definition) is 0. The van der Waals surface area contributed by atoms with Crippen molar-refractivity contribution in [3.63, 3.8) is 0 Å². The summed E-state index contributed by atoms with van der Waals surface area (Å²) >= 11 is 0. The second-order valence-corrected chi connectivity index (χ2v) is 6.90. The quantitative estimate of drug-likeness (QED) is 0.345. The van der Waals surface area contributed by atoms with Crippen molar-refractivity contribution in [1.82, 2.24) is 4.90 Å². The highest BCUT2D eigenvalue weighted by Gasteiger charge is 2.35. The normalized spacial score (nSPS) is 11.3. The molecule has 0 saturated heterocycles. The summed E-state index contributed by atoms with van der Waals surface area (Å²) in [4.78, 5) is 25.1. The van der Waals surface area contributed by atoms with Crippen LogP contribution >= 0.6 is 0 Å². The van der Waals surface area contributed by atoms with Crippen molar-refractivity contribution in [2.75, 3.05) is 20.2 Å². The first-order valence-corrected chi connectivity index (χ1v) is 9.84. The van der Waals surface area contributed by atoms with Crippen LogP contribution in [0.5, 0.6) is 0 Å². The smallest absolute Gasteiger partial charge is 0.417 e. The molecule has 0 saturated carbocycles. The van der Waals surface area contributed by atoms with Crippen molar-refractivity contribution < 1.29 is 27.5 Å². The molecule has 4 nitrogen and oxygen atoms in total. The van der Waals surface area contributed by atoms with Gasteiger partial charge >= 0.3 is 12.1 Å². The van der Waals surface area contributed by atoms with Gasteiger partial charge in [0.15, 0.2) is 0 Å². The molecule has 0 radical (unpaired) electrons. The van der Waals surface area contributed by atoms with E-state index < -0.39 is 29.2 Å². The predicted molar refractivity (Wildman–Crippen MR) is 102 cm³/mol. The molecule has 1 aromatic rings. The van der Waals surface area contributed by atoms with E-state index in [1.54, 1.807) is 0 Å². The van der Waals surface area contributed by atoms with Crippen LogP contribution in [0.2, 0.25) is 0 Å². The van der Waals surface area contributed by atoms with Gasteiger partial charge in [-0.25, -0.2) is 0 Å². The van der Waals surface area contributed by atoms with E-state index in [4.69, 9.17) is 4.74 Å². The largest absolute Gasteiger partial charge is 0.464 e. The van der Waals surface area contributed by atoms with E-state index in [0.717, 1.165) is 36.3 Å². The molecule has 1 aromatic carbocycles. The van der Waals surface area contributed by atoms with Crippen molar-refractivity contribution in [2.45, 2.75) is 64.5 Å². The zero-order valence-electron chi connectivity index (χ0n) is 16.7. The lowest BCUT2D eigenvalue weighted by Crippen LogP contribution is -2.34. The van der Waals surface area contributed by atoms with Crippen LogP contribution in [0.4, 0.5) is 13.2 Å². The summed E-state index contributed by atoms with van der Waals surface area (Å²) in [6.07, 6.45) is 4.29. The summed E-state index contributed by atoms with van der Waals surface area (Å²) in [5.41, 5.74) is -1.49. The number of hydrogen-bond acceptors (Lipinski definition) is 3. The maximum atomic E-state index is 13.0. The summed E-state index contributed by atoms with van der Waals surface area (Å²) in [5.74, 6) is -1.49. The maximum absolute atomic E-state index is 13.0. The molecule has 0 aromatic heterocycles. The Balaban J connectivity index is 2.34. The number of benzene rings is 1. The number of carbonyl (C=O) groups is 2. The molecular formula is C21H30F3NO3. The zero-order chi connectivity index (χ0) is 21.0. The molecule has 7 heteroatoms. The van der Waals surface area contributed by atoms with Crippen molar-refractivity contribution in [2.24, 2.45) is 0 Å². The van der Waals surface area contributed by atoms with Crippen molar-refractivity contribution in [1.29, 1.82) is 0 Å². The molecule has 0 unspecified atom stereocenters. The van der Waals surface area contributed by atoms with Gasteiger partial charge in [-0.15, -0.1) is 0 Å². The Hall–Kier alpha value is -2.05. The number of likely N-dealkylation sites (N-methyl/N-ethyl adjacent to an activating group) is 1. The molecular weight excluding hydrogens is 371 g/mol. The lowest BCUT2D eigenvalue weighted by molar-refractivity contribution is -0.144. The number of esters is 1. The number of alkyl halides is 3. The summed E-state index contributed by atoms with van der Waals surface area (Å²) in [7, 11) is 1.28. The first-order chi connectivity index (χ1) is 13.3. The monoisotopic (exact) mass is 401 g/mol. The van der Waals surface area contributed by atoms with E-state index in [1.165, 1.54) is 51.3 Å². The minimum Gasteiger partial charge on any atom is -0.464 e. The highest BCUT2D eigenvalue weighted by molar-refractivity contribution is 5.97. The average Bonchev–Trinajstić information content (AvgIpc) is 2.65. The third-order valence-corrected chi connectivity index (χ3v) is 4.44. The lowest BCUT2D eigenvalue weighted by Gasteiger charge is -2.19. The Bertz CT molecular complexity index is 617. The SMILES string of the molecule is CCCCCCCCCCOC(=O)CN(C)C(=O)c1ccccc1C(F)(F)F. The lowest BCUT2D eigenvalue weighted by atomic mass is 10.1. The van der Waals surface area contributed by atoms with Crippen molar-refractivity contribution >= 4 is 11.9 Å². The number of carbonyl (C=O) groups excluding carboxylic acids is 2. The van der Waals surface area contributed by atoms with Crippen LogP contribution in [-0.2, 0) is 15.7 Å². The summed E-state index contributed by atoms with van der Waals surface area (Å²) in [6.45, 7) is 2.05. The molecule has 1 amide bonds. The Morgan fingerprint density at radius 2 is 1.54 bits per heavy atom. The van der Waals surface area contributed by atoms with Crippen LogP contribution in [0.15, 0.2) is 24.3 Å². The van der Waals surface area contributed by atoms with Gasteiger partial charge in [0.25, 0.3) is 5.91 Å². The van der Waals surface area contributed by atoms with Crippen LogP contribution in [-0.4, -0.2) is 37.0 Å². The first kappa shape index (κ1) is 24.0. The Morgan fingerprint density at radius 1 is 0.964 bits per heavy atom. The van der Waals surface area contributed by atoms with Gasteiger partial charge in [-0.3, -0.25) is 9.59 Å². The molecule has 0 spiro atoms. The molecule has 0 aliphatic heterocycles. The summed E-state index contributed by atoms with van der Waals surface area (Å²) in [5, 5.41) is 0. The Labute approximate surface area is 165 Å². The van der Waals surface area contributed by atoms with E-state index in [2.05, 4.69) is 6.92 Å². The fraction of sp³-hybridized carbons (Fsp3) is 0.619. The standard InChI is InChI=1S/C21H30F3NO3/c1-3-4-5-6-7-8-9-12-15-28-19(26)16-25(2)20(27)17-13-10-11-14-18(17)21(22,23)24/h10-11,13-14H,3-9,12,15-16H2,1-2H3. The highest BCUT2D eigenvalue weighted by atomic mass is 19.4. The molecule has 0 N–H and O–H groups in total. The van der Waals surface area contributed by atoms with Crippen LogP contribution in [0.3, 0.4) is 0 Å². The second-order valence-electron chi connectivity index (χ2n) is 6.90. The van der Waals surface area contributed by atoms with Gasteiger partial charge in [0.1, 0.15) is 6.54 Å². The number of unbranched alkanes of at least 4 members (excludes halogenated alkanes) is 7. The van der Waals surface area contributed by atoms with Crippen molar-refractivity contribution in [3.8, 4) is 0 Å². The summed E-state index contributed by atoms with van der Waals surface area (Å²) < 4.78 is 44.2. The summed E-state index contributed by atoms with van der Waals surface area (Å²) in [6, 6.07) is 4.53. The van der Waals surface area contributed by atoms with Gasteiger partial charge in [0.2, 0.25) is 0 Å². The van der Waals surface area contributed by atoms with E-state index in [9.17, 15) is 22.8 Å². The minimum atomic E-state index is -4.63. The number of nitrogens with zero attached hydrogens (tertiary/aromatic N) is 1. The van der Waals surface area contributed by atoms with E-state index in [-0.39, 0.29) is 13.2 Å². The topological polar surface area (TPSA) is 46.6 Å². The first-order valence-electron chi connectivity index (χ1n) is 9.84. The van der Waals surface area contributed by atoms with E-state index >= 15 is 0 Å². The molecule has 28 heavy (non-hydrogen) atoms. The van der Waals surface area contributed by atoms with Crippen LogP contribution in [0.1, 0.15) is 74.2 Å². The van der Waals surface area contributed by atoms with Crippen molar-refractivity contribution in [3.05, 3.63) is 35.4 Å². The van der Waals surface area contributed by atoms with Crippen LogP contribution in [0.25, 0.3) is 0 Å². The predicted octanol–water partition coefficient (Wildman–Crippen LogP) is 5.46. The molecule has 158 valence electrons. The highest BCUT2D eigenvalue weighted by Crippen LogP contribution is 2.32. The molecule has 0 atom stereocenters. The molecule has 0 fully saturated rings. The zero-order valence-corrected chi connectivity index (χ0v) is 16.7. The Kier molecular flexibility index (Phi) is 10.6. The minimum absolute atomic E-state index is 0.259. The molecule has 0 heterocycles. The number of amides is 1. The van der Waals surface area contributed by atoms with Crippen LogP contribution < -0.4 is 0 Å². The van der Waals surface area contributed by atoms with Gasteiger partial charge in [-0.2, -0.15) is 13.2 Å². The van der Waals surface area contributed by atoms with Gasteiger partial charge < -0.3 is 9.64 Å². The number of halogens is 3. The number of ether oxygens (including phenoxy) is 1.